The quantitative estimate of drug-likeness (QED) is 0.666. The van der Waals surface area contributed by atoms with Crippen LogP contribution < -0.4 is 4.72 Å². The molecule has 16 heavy (non-hydrogen) atoms. The number of hydrogen-bond acceptors (Lipinski definition) is 3. The van der Waals surface area contributed by atoms with Gasteiger partial charge in [0.2, 0.25) is 10.0 Å². The molecule has 0 heterocycles. The summed E-state index contributed by atoms with van der Waals surface area (Å²) in [6.07, 6.45) is 0. The molecule has 0 aliphatic rings. The van der Waals surface area contributed by atoms with E-state index in [1.54, 1.807) is 0 Å². The lowest BCUT2D eigenvalue weighted by Gasteiger charge is -2.11. The van der Waals surface area contributed by atoms with Gasteiger partial charge in [-0.3, -0.25) is 4.72 Å². The van der Waals surface area contributed by atoms with Crippen molar-refractivity contribution in [2.75, 3.05) is 10.5 Å². The van der Waals surface area contributed by atoms with Crippen LogP contribution in [0.15, 0.2) is 6.07 Å². The Morgan fingerprint density at radius 1 is 1.31 bits per heavy atom. The summed E-state index contributed by atoms with van der Waals surface area (Å²) in [6.45, 7) is 1.47. The third-order valence-electron chi connectivity index (χ3n) is 1.78. The van der Waals surface area contributed by atoms with Gasteiger partial charge in [-0.25, -0.2) is 8.42 Å². The Bertz CT molecular complexity index is 516. The zero-order valence-electron chi connectivity index (χ0n) is 8.09. The molecule has 0 amide bonds. The van der Waals surface area contributed by atoms with Gasteiger partial charge in [-0.1, -0.05) is 34.8 Å². The number of phenolic OH excluding ortho intramolecular Hbond substituents is 1. The number of rotatable bonds is 3. The second-order valence-electron chi connectivity index (χ2n) is 2.89. The maximum Gasteiger partial charge on any atom is 0.232 e. The van der Waals surface area contributed by atoms with Crippen LogP contribution in [-0.4, -0.2) is 19.3 Å². The fourth-order valence-electron chi connectivity index (χ4n) is 0.899. The Morgan fingerprint density at radius 3 is 2.38 bits per heavy atom. The van der Waals surface area contributed by atoms with Crippen molar-refractivity contribution in [3.8, 4) is 5.75 Å². The predicted octanol–water partition coefficient (Wildman–Crippen LogP) is 3.11. The smallest absolute Gasteiger partial charge is 0.232 e. The zero-order chi connectivity index (χ0) is 12.5. The summed E-state index contributed by atoms with van der Waals surface area (Å²) in [7, 11) is -3.47. The molecule has 0 fully saturated rings. The molecule has 1 aromatic rings. The first-order chi connectivity index (χ1) is 7.28. The van der Waals surface area contributed by atoms with E-state index in [4.69, 9.17) is 34.8 Å². The van der Waals surface area contributed by atoms with Crippen molar-refractivity contribution in [1.82, 2.24) is 0 Å². The van der Waals surface area contributed by atoms with Crippen molar-refractivity contribution in [3.05, 3.63) is 21.1 Å². The van der Waals surface area contributed by atoms with Gasteiger partial charge in [0, 0.05) is 0 Å². The molecule has 0 saturated heterocycles. The molecule has 0 radical (unpaired) electrons. The Morgan fingerprint density at radius 2 is 1.88 bits per heavy atom. The molecule has 4 nitrogen and oxygen atoms in total. The lowest BCUT2D eigenvalue weighted by molar-refractivity contribution is 0.476. The minimum atomic E-state index is -3.47. The second-order valence-corrected chi connectivity index (χ2v) is 6.06. The van der Waals surface area contributed by atoms with Crippen LogP contribution in [-0.2, 0) is 10.0 Å². The molecule has 1 rings (SSSR count). The standard InChI is InChI=1S/C8H8Cl3NO3S/c1-2-16(14,15)12-5-3-4(9)8(13)7(11)6(5)10/h3,12-13H,2H2,1H3. The van der Waals surface area contributed by atoms with Crippen LogP contribution >= 0.6 is 34.8 Å². The first kappa shape index (κ1) is 13.7. The molecule has 0 atom stereocenters. The monoisotopic (exact) mass is 303 g/mol. The van der Waals surface area contributed by atoms with Gasteiger partial charge in [0.1, 0.15) is 5.02 Å². The predicted molar refractivity (Wildman–Crippen MR) is 66.2 cm³/mol. The topological polar surface area (TPSA) is 66.4 Å². The molecule has 0 aliphatic carbocycles. The van der Waals surface area contributed by atoms with E-state index < -0.39 is 10.0 Å². The van der Waals surface area contributed by atoms with E-state index in [-0.39, 0.29) is 32.3 Å². The van der Waals surface area contributed by atoms with Gasteiger partial charge >= 0.3 is 0 Å². The molecule has 0 aromatic heterocycles. The summed E-state index contributed by atoms with van der Waals surface area (Å²) in [5.41, 5.74) is 0.0383. The molecule has 0 bridgehead atoms. The van der Waals surface area contributed by atoms with Gasteiger partial charge < -0.3 is 5.11 Å². The number of nitrogens with one attached hydrogen (secondary N) is 1. The van der Waals surface area contributed by atoms with Crippen LogP contribution in [0.3, 0.4) is 0 Å². The van der Waals surface area contributed by atoms with Gasteiger partial charge in [0.15, 0.2) is 5.75 Å². The largest absolute Gasteiger partial charge is 0.505 e. The van der Waals surface area contributed by atoms with Crippen molar-refractivity contribution in [3.63, 3.8) is 0 Å². The fourth-order valence-corrected chi connectivity index (χ4v) is 2.24. The number of hydrogen-bond donors (Lipinski definition) is 2. The van der Waals surface area contributed by atoms with E-state index in [9.17, 15) is 13.5 Å². The third kappa shape index (κ3) is 2.85. The average molecular weight is 305 g/mol. The summed E-state index contributed by atoms with van der Waals surface area (Å²) < 4.78 is 24.8. The van der Waals surface area contributed by atoms with Crippen LogP contribution in [0.5, 0.6) is 5.75 Å². The Labute approximate surface area is 108 Å². The first-order valence-electron chi connectivity index (χ1n) is 4.15. The SMILES string of the molecule is CCS(=O)(=O)Nc1cc(Cl)c(O)c(Cl)c1Cl. The Hall–Kier alpha value is -0.360. The van der Waals surface area contributed by atoms with Crippen LogP contribution in [0.25, 0.3) is 0 Å². The number of anilines is 1. The van der Waals surface area contributed by atoms with Crippen molar-refractivity contribution in [2.24, 2.45) is 0 Å². The average Bonchev–Trinajstić information content (AvgIpc) is 2.22. The maximum absolute atomic E-state index is 11.3. The lowest BCUT2D eigenvalue weighted by Crippen LogP contribution is -2.14. The molecular formula is C8H8Cl3NO3S. The number of halogens is 3. The van der Waals surface area contributed by atoms with E-state index in [0.29, 0.717) is 0 Å². The van der Waals surface area contributed by atoms with Crippen molar-refractivity contribution in [1.29, 1.82) is 0 Å². The third-order valence-corrected chi connectivity index (χ3v) is 4.22. The zero-order valence-corrected chi connectivity index (χ0v) is 11.2. The van der Waals surface area contributed by atoms with Gasteiger partial charge in [-0.15, -0.1) is 0 Å². The maximum atomic E-state index is 11.3. The van der Waals surface area contributed by atoms with E-state index in [2.05, 4.69) is 4.72 Å². The molecular weight excluding hydrogens is 297 g/mol. The van der Waals surface area contributed by atoms with Gasteiger partial charge in [-0.05, 0) is 13.0 Å². The van der Waals surface area contributed by atoms with Crippen LogP contribution in [0.2, 0.25) is 15.1 Å². The summed E-state index contributed by atoms with van der Waals surface area (Å²) in [6, 6.07) is 1.19. The highest BCUT2D eigenvalue weighted by Gasteiger charge is 2.17. The van der Waals surface area contributed by atoms with Crippen LogP contribution in [0, 0.1) is 0 Å². The van der Waals surface area contributed by atoms with Crippen molar-refractivity contribution >= 4 is 50.5 Å². The van der Waals surface area contributed by atoms with E-state index in [0.717, 1.165) is 0 Å². The summed E-state index contributed by atoms with van der Waals surface area (Å²) in [5.74, 6) is -0.493. The molecule has 1 aromatic carbocycles. The Balaban J connectivity index is 3.27. The number of benzene rings is 1. The fraction of sp³-hybridized carbons (Fsp3) is 0.250. The van der Waals surface area contributed by atoms with Crippen LogP contribution in [0.4, 0.5) is 5.69 Å². The van der Waals surface area contributed by atoms with Crippen molar-refractivity contribution in [2.45, 2.75) is 6.92 Å². The molecule has 0 spiro atoms. The highest BCUT2D eigenvalue weighted by atomic mass is 35.5. The van der Waals surface area contributed by atoms with Crippen molar-refractivity contribution < 1.29 is 13.5 Å². The van der Waals surface area contributed by atoms with Gasteiger partial charge in [0.05, 0.1) is 21.5 Å². The number of aromatic hydroxyl groups is 1. The molecule has 0 aliphatic heterocycles. The normalized spacial score (nSPS) is 11.5. The van der Waals surface area contributed by atoms with E-state index >= 15 is 0 Å². The lowest BCUT2D eigenvalue weighted by atomic mass is 10.3. The number of sulfonamides is 1. The van der Waals surface area contributed by atoms with E-state index in [1.807, 2.05) is 0 Å². The highest BCUT2D eigenvalue weighted by molar-refractivity contribution is 7.92. The molecule has 90 valence electrons. The molecule has 0 unspecified atom stereocenters. The highest BCUT2D eigenvalue weighted by Crippen LogP contribution is 2.42. The minimum absolute atomic E-state index is 0.0383. The summed E-state index contributed by atoms with van der Waals surface area (Å²) in [4.78, 5) is 0. The van der Waals surface area contributed by atoms with Crippen LogP contribution in [0.1, 0.15) is 6.92 Å². The van der Waals surface area contributed by atoms with Gasteiger partial charge in [0.25, 0.3) is 0 Å². The molecule has 2 N–H and O–H groups in total. The second kappa shape index (κ2) is 4.87. The Kier molecular flexibility index (Phi) is 4.17. The summed E-state index contributed by atoms with van der Waals surface area (Å²) in [5, 5.41) is 8.97. The first-order valence-corrected chi connectivity index (χ1v) is 6.94. The molecule has 8 heteroatoms. The summed E-state index contributed by atoms with van der Waals surface area (Å²) >= 11 is 17.1. The number of phenols is 1. The van der Waals surface area contributed by atoms with Gasteiger partial charge in [-0.2, -0.15) is 0 Å². The minimum Gasteiger partial charge on any atom is -0.505 e. The van der Waals surface area contributed by atoms with E-state index in [1.165, 1.54) is 13.0 Å². The molecule has 0 saturated carbocycles.